The molecule has 1 atom stereocenters. The first-order valence-electron chi connectivity index (χ1n) is 5.31. The fourth-order valence-electron chi connectivity index (χ4n) is 1.94. The fourth-order valence-corrected chi connectivity index (χ4v) is 1.94. The predicted octanol–water partition coefficient (Wildman–Crippen LogP) is 0.495. The third-order valence-corrected chi connectivity index (χ3v) is 2.72. The predicted molar refractivity (Wildman–Crippen MR) is 57.8 cm³/mol. The van der Waals surface area contributed by atoms with Crippen molar-refractivity contribution in [1.82, 2.24) is 24.7 Å². The Morgan fingerprint density at radius 3 is 3.19 bits per heavy atom. The zero-order valence-electron chi connectivity index (χ0n) is 8.74. The molecular formula is C10H12N6. The molecular weight excluding hydrogens is 204 g/mol. The first-order valence-corrected chi connectivity index (χ1v) is 5.31. The van der Waals surface area contributed by atoms with Crippen molar-refractivity contribution in [3.8, 4) is 0 Å². The summed E-state index contributed by atoms with van der Waals surface area (Å²) < 4.78 is 1.94. The van der Waals surface area contributed by atoms with Gasteiger partial charge >= 0.3 is 0 Å². The summed E-state index contributed by atoms with van der Waals surface area (Å²) in [4.78, 5) is 12.4. The highest BCUT2D eigenvalue weighted by Gasteiger charge is 2.19. The molecule has 1 unspecified atom stereocenters. The maximum absolute atomic E-state index is 4.20. The lowest BCUT2D eigenvalue weighted by atomic mass is 10.1. The summed E-state index contributed by atoms with van der Waals surface area (Å²) in [6.07, 6.45) is 8.71. The second-order valence-corrected chi connectivity index (χ2v) is 3.83. The van der Waals surface area contributed by atoms with E-state index in [4.69, 9.17) is 0 Å². The van der Waals surface area contributed by atoms with Crippen LogP contribution in [0.4, 0.5) is 5.82 Å². The third kappa shape index (κ3) is 1.73. The minimum absolute atomic E-state index is 0.353. The van der Waals surface area contributed by atoms with Crippen LogP contribution >= 0.6 is 0 Å². The summed E-state index contributed by atoms with van der Waals surface area (Å²) in [6, 6.07) is 0.353. The van der Waals surface area contributed by atoms with E-state index in [1.165, 1.54) is 0 Å². The van der Waals surface area contributed by atoms with Gasteiger partial charge in [0.1, 0.15) is 18.0 Å². The zero-order chi connectivity index (χ0) is 10.8. The van der Waals surface area contributed by atoms with E-state index in [0.29, 0.717) is 6.04 Å². The van der Waals surface area contributed by atoms with Crippen LogP contribution in [0.5, 0.6) is 0 Å². The second-order valence-electron chi connectivity index (χ2n) is 3.83. The molecule has 1 aliphatic rings. The number of hydrogen-bond donors (Lipinski definition) is 1. The summed E-state index contributed by atoms with van der Waals surface area (Å²) in [5.74, 6) is 1.88. The van der Waals surface area contributed by atoms with E-state index < -0.39 is 0 Å². The van der Waals surface area contributed by atoms with Crippen LogP contribution in [-0.2, 0) is 13.0 Å². The van der Waals surface area contributed by atoms with Gasteiger partial charge in [-0.15, -0.1) is 0 Å². The van der Waals surface area contributed by atoms with Gasteiger partial charge in [-0.05, 0) is 6.42 Å². The molecule has 0 fully saturated rings. The third-order valence-electron chi connectivity index (χ3n) is 2.72. The largest absolute Gasteiger partial charge is 0.364 e. The van der Waals surface area contributed by atoms with Gasteiger partial charge in [0.05, 0.1) is 12.7 Å². The van der Waals surface area contributed by atoms with Crippen LogP contribution < -0.4 is 5.32 Å². The van der Waals surface area contributed by atoms with Crippen molar-refractivity contribution in [3.05, 3.63) is 30.7 Å². The first-order chi connectivity index (χ1) is 7.92. The molecule has 0 radical (unpaired) electrons. The highest BCUT2D eigenvalue weighted by molar-refractivity contribution is 5.31. The number of aromatic nitrogens is 5. The quantitative estimate of drug-likeness (QED) is 0.791. The molecule has 0 aliphatic carbocycles. The van der Waals surface area contributed by atoms with Crippen molar-refractivity contribution < 1.29 is 0 Å². The minimum Gasteiger partial charge on any atom is -0.364 e. The number of rotatable bonds is 2. The van der Waals surface area contributed by atoms with Crippen LogP contribution in [0.1, 0.15) is 12.2 Å². The Kier molecular flexibility index (Phi) is 2.25. The number of hydrogen-bond acceptors (Lipinski definition) is 5. The average molecular weight is 216 g/mol. The average Bonchev–Trinajstić information content (AvgIpc) is 2.77. The number of fused-ring (bicyclic) bond motifs is 1. The van der Waals surface area contributed by atoms with Crippen molar-refractivity contribution in [1.29, 1.82) is 0 Å². The highest BCUT2D eigenvalue weighted by atomic mass is 15.3. The molecule has 3 rings (SSSR count). The summed E-state index contributed by atoms with van der Waals surface area (Å²) in [5.41, 5.74) is 0. The van der Waals surface area contributed by atoms with Gasteiger partial charge in [0.15, 0.2) is 0 Å². The normalized spacial score (nSPS) is 19.1. The Hall–Kier alpha value is -1.98. The Morgan fingerprint density at radius 2 is 2.31 bits per heavy atom. The second kappa shape index (κ2) is 3.88. The standard InChI is InChI=1S/C10H12N6/c1-2-10-13-7-14-16(10)6-8(1)15-9-5-11-3-4-12-9/h3-5,7-8H,1-2,6H2,(H,12,15). The van der Waals surface area contributed by atoms with Gasteiger partial charge in [0.2, 0.25) is 0 Å². The Bertz CT molecular complexity index is 465. The van der Waals surface area contributed by atoms with Gasteiger partial charge in [-0.1, -0.05) is 0 Å². The van der Waals surface area contributed by atoms with Crippen LogP contribution in [0.2, 0.25) is 0 Å². The van der Waals surface area contributed by atoms with Crippen LogP contribution in [0.3, 0.4) is 0 Å². The lowest BCUT2D eigenvalue weighted by Gasteiger charge is -2.23. The number of aryl methyl sites for hydroxylation is 1. The fraction of sp³-hybridized carbons (Fsp3) is 0.400. The summed E-state index contributed by atoms with van der Waals surface area (Å²) in [6.45, 7) is 0.839. The van der Waals surface area contributed by atoms with E-state index in [1.54, 1.807) is 24.9 Å². The van der Waals surface area contributed by atoms with Crippen LogP contribution in [-0.4, -0.2) is 30.8 Å². The molecule has 16 heavy (non-hydrogen) atoms. The number of nitrogens with zero attached hydrogens (tertiary/aromatic N) is 5. The number of nitrogens with one attached hydrogen (secondary N) is 1. The van der Waals surface area contributed by atoms with Crippen LogP contribution in [0.25, 0.3) is 0 Å². The lowest BCUT2D eigenvalue weighted by Crippen LogP contribution is -2.32. The van der Waals surface area contributed by atoms with Crippen molar-refractivity contribution in [3.63, 3.8) is 0 Å². The van der Waals surface area contributed by atoms with E-state index in [9.17, 15) is 0 Å². The lowest BCUT2D eigenvalue weighted by molar-refractivity contribution is 0.440. The molecule has 0 spiro atoms. The van der Waals surface area contributed by atoms with E-state index in [1.807, 2.05) is 4.68 Å². The van der Waals surface area contributed by atoms with E-state index in [2.05, 4.69) is 25.4 Å². The summed E-state index contributed by atoms with van der Waals surface area (Å²) in [7, 11) is 0. The monoisotopic (exact) mass is 216 g/mol. The smallest absolute Gasteiger partial charge is 0.144 e. The maximum atomic E-state index is 4.20. The molecule has 0 aromatic carbocycles. The van der Waals surface area contributed by atoms with Gasteiger partial charge < -0.3 is 5.32 Å². The topological polar surface area (TPSA) is 68.5 Å². The molecule has 1 N–H and O–H groups in total. The SMILES string of the molecule is c1cnc(NC2CCc3ncnn3C2)cn1. The highest BCUT2D eigenvalue weighted by Crippen LogP contribution is 2.14. The minimum atomic E-state index is 0.353. The van der Waals surface area contributed by atoms with Gasteiger partial charge in [0, 0.05) is 24.9 Å². The molecule has 0 saturated carbocycles. The molecule has 2 aromatic heterocycles. The Balaban J connectivity index is 1.71. The van der Waals surface area contributed by atoms with Crippen LogP contribution in [0.15, 0.2) is 24.9 Å². The van der Waals surface area contributed by atoms with Crippen LogP contribution in [0, 0.1) is 0 Å². The van der Waals surface area contributed by atoms with Crippen molar-refractivity contribution in [2.24, 2.45) is 0 Å². The molecule has 6 nitrogen and oxygen atoms in total. The molecule has 82 valence electrons. The molecule has 0 saturated heterocycles. The Morgan fingerprint density at radius 1 is 1.31 bits per heavy atom. The van der Waals surface area contributed by atoms with Crippen molar-refractivity contribution >= 4 is 5.82 Å². The number of anilines is 1. The molecule has 1 aliphatic heterocycles. The van der Waals surface area contributed by atoms with E-state index >= 15 is 0 Å². The molecule has 0 bridgehead atoms. The van der Waals surface area contributed by atoms with Gasteiger partial charge in [-0.25, -0.2) is 14.6 Å². The zero-order valence-corrected chi connectivity index (χ0v) is 8.74. The molecule has 6 heteroatoms. The van der Waals surface area contributed by atoms with Crippen molar-refractivity contribution in [2.75, 3.05) is 5.32 Å². The summed E-state index contributed by atoms with van der Waals surface area (Å²) in [5, 5.41) is 7.53. The first kappa shape index (κ1) is 9.26. The molecule has 0 amide bonds. The van der Waals surface area contributed by atoms with E-state index in [0.717, 1.165) is 31.0 Å². The molecule has 3 heterocycles. The maximum Gasteiger partial charge on any atom is 0.144 e. The Labute approximate surface area is 92.8 Å². The van der Waals surface area contributed by atoms with Gasteiger partial charge in [-0.3, -0.25) is 4.98 Å². The summed E-state index contributed by atoms with van der Waals surface area (Å²) >= 11 is 0. The van der Waals surface area contributed by atoms with Gasteiger partial charge in [-0.2, -0.15) is 5.10 Å². The molecule has 2 aromatic rings. The van der Waals surface area contributed by atoms with Gasteiger partial charge in [0.25, 0.3) is 0 Å². The van der Waals surface area contributed by atoms with Crippen molar-refractivity contribution in [2.45, 2.75) is 25.4 Å². The van der Waals surface area contributed by atoms with E-state index in [-0.39, 0.29) is 0 Å².